The largest absolute Gasteiger partial charge is 0.352 e. The number of hydrogen-bond donors (Lipinski definition) is 1. The molecule has 1 atom stereocenters. The summed E-state index contributed by atoms with van der Waals surface area (Å²) in [5, 5.41) is 4.93. The number of thioether (sulfide) groups is 1. The third-order valence-electron chi connectivity index (χ3n) is 3.51. The molecule has 2 aromatic rings. The molecule has 1 fully saturated rings. The number of thiophene rings is 1. The van der Waals surface area contributed by atoms with Crippen LogP contribution in [-0.4, -0.2) is 27.2 Å². The van der Waals surface area contributed by atoms with Gasteiger partial charge in [-0.15, -0.1) is 11.3 Å². The van der Waals surface area contributed by atoms with E-state index >= 15 is 0 Å². The summed E-state index contributed by atoms with van der Waals surface area (Å²) in [4.78, 5) is 23.0. The number of fused-ring (bicyclic) bond motifs is 1. The Hall–Kier alpha value is -1.14. The maximum Gasteiger partial charge on any atom is 0.233 e. The molecule has 0 radical (unpaired) electrons. The Balaban J connectivity index is 1.84. The number of aryl methyl sites for hydroxylation is 2. The molecule has 1 N–H and O–H groups in total. The summed E-state index contributed by atoms with van der Waals surface area (Å²) in [5.74, 6) is 0.105. The molecule has 1 aliphatic carbocycles. The SMILES string of the molecule is Cc1sc2ncnc(SC(C)C(=O)NC3CC3)c2c1C. The van der Waals surface area contributed by atoms with Crippen molar-refractivity contribution >= 4 is 39.2 Å². The Labute approximate surface area is 126 Å². The van der Waals surface area contributed by atoms with Gasteiger partial charge in [0.2, 0.25) is 5.91 Å². The molecule has 106 valence electrons. The number of carbonyl (C=O) groups is 1. The first-order valence-corrected chi connectivity index (χ1v) is 8.43. The molecule has 1 unspecified atom stereocenters. The predicted molar refractivity (Wildman–Crippen MR) is 83.4 cm³/mol. The van der Waals surface area contributed by atoms with Crippen molar-refractivity contribution in [3.05, 3.63) is 16.8 Å². The lowest BCUT2D eigenvalue weighted by Gasteiger charge is -2.11. The summed E-state index contributed by atoms with van der Waals surface area (Å²) < 4.78 is 0. The first kappa shape index (κ1) is 13.8. The van der Waals surface area contributed by atoms with Gasteiger partial charge in [0.15, 0.2) is 0 Å². The molecular formula is C14H17N3OS2. The van der Waals surface area contributed by atoms with E-state index in [0.717, 1.165) is 28.1 Å². The second-order valence-corrected chi connectivity index (χ2v) is 7.72. The number of rotatable bonds is 4. The van der Waals surface area contributed by atoms with E-state index in [-0.39, 0.29) is 11.2 Å². The molecule has 0 spiro atoms. The molecule has 3 rings (SSSR count). The molecule has 0 saturated heterocycles. The zero-order chi connectivity index (χ0) is 14.3. The van der Waals surface area contributed by atoms with E-state index < -0.39 is 0 Å². The molecule has 0 aliphatic heterocycles. The molecule has 1 saturated carbocycles. The van der Waals surface area contributed by atoms with Crippen LogP contribution in [0.1, 0.15) is 30.2 Å². The highest BCUT2D eigenvalue weighted by Gasteiger charge is 2.26. The number of nitrogens with one attached hydrogen (secondary N) is 1. The number of carbonyl (C=O) groups excluding carboxylic acids is 1. The van der Waals surface area contributed by atoms with Crippen LogP contribution in [0.3, 0.4) is 0 Å². The lowest BCUT2D eigenvalue weighted by Crippen LogP contribution is -2.32. The van der Waals surface area contributed by atoms with Crippen molar-refractivity contribution in [2.45, 2.75) is 49.9 Å². The molecule has 2 heterocycles. The predicted octanol–water partition coefficient (Wildman–Crippen LogP) is 3.07. The lowest BCUT2D eigenvalue weighted by molar-refractivity contribution is -0.120. The third-order valence-corrected chi connectivity index (χ3v) is 5.73. The molecule has 0 aromatic carbocycles. The zero-order valence-electron chi connectivity index (χ0n) is 11.8. The number of aromatic nitrogens is 2. The van der Waals surface area contributed by atoms with Crippen molar-refractivity contribution in [1.29, 1.82) is 0 Å². The van der Waals surface area contributed by atoms with E-state index in [0.29, 0.717) is 6.04 Å². The molecule has 1 aliphatic rings. The molecule has 2 aromatic heterocycles. The Morgan fingerprint density at radius 3 is 2.90 bits per heavy atom. The van der Waals surface area contributed by atoms with E-state index in [1.165, 1.54) is 22.2 Å². The van der Waals surface area contributed by atoms with Crippen LogP contribution in [0.4, 0.5) is 0 Å². The van der Waals surface area contributed by atoms with Crippen LogP contribution in [-0.2, 0) is 4.79 Å². The van der Waals surface area contributed by atoms with Gasteiger partial charge in [-0.1, -0.05) is 11.8 Å². The average Bonchev–Trinajstić information content (AvgIpc) is 3.17. The quantitative estimate of drug-likeness (QED) is 0.697. The van der Waals surface area contributed by atoms with E-state index in [2.05, 4.69) is 29.1 Å². The highest BCUT2D eigenvalue weighted by molar-refractivity contribution is 8.00. The fourth-order valence-electron chi connectivity index (χ4n) is 2.01. The highest BCUT2D eigenvalue weighted by atomic mass is 32.2. The van der Waals surface area contributed by atoms with Crippen molar-refractivity contribution < 1.29 is 4.79 Å². The van der Waals surface area contributed by atoms with Gasteiger partial charge in [-0.2, -0.15) is 0 Å². The molecule has 6 heteroatoms. The first-order chi connectivity index (χ1) is 9.56. The highest BCUT2D eigenvalue weighted by Crippen LogP contribution is 2.36. The molecule has 4 nitrogen and oxygen atoms in total. The van der Waals surface area contributed by atoms with Crippen LogP contribution >= 0.6 is 23.1 Å². The Morgan fingerprint density at radius 2 is 2.20 bits per heavy atom. The van der Waals surface area contributed by atoms with Crippen LogP contribution in [0, 0.1) is 13.8 Å². The van der Waals surface area contributed by atoms with Crippen LogP contribution in [0.15, 0.2) is 11.4 Å². The molecule has 20 heavy (non-hydrogen) atoms. The van der Waals surface area contributed by atoms with Gasteiger partial charge < -0.3 is 5.32 Å². The van der Waals surface area contributed by atoms with Crippen molar-refractivity contribution in [3.8, 4) is 0 Å². The van der Waals surface area contributed by atoms with E-state index in [4.69, 9.17) is 0 Å². The Kier molecular flexibility index (Phi) is 3.69. The van der Waals surface area contributed by atoms with Crippen LogP contribution < -0.4 is 5.32 Å². The van der Waals surface area contributed by atoms with E-state index in [1.54, 1.807) is 17.7 Å². The van der Waals surface area contributed by atoms with Crippen LogP contribution in [0.25, 0.3) is 10.2 Å². The Bertz CT molecular complexity index is 664. The minimum absolute atomic E-state index is 0.105. The summed E-state index contributed by atoms with van der Waals surface area (Å²) in [7, 11) is 0. The maximum atomic E-state index is 12.1. The second kappa shape index (κ2) is 5.33. The van der Waals surface area contributed by atoms with Gasteiger partial charge in [0, 0.05) is 16.3 Å². The summed E-state index contributed by atoms with van der Waals surface area (Å²) >= 11 is 3.21. The van der Waals surface area contributed by atoms with E-state index in [1.807, 2.05) is 6.92 Å². The van der Waals surface area contributed by atoms with Gasteiger partial charge in [0.25, 0.3) is 0 Å². The monoisotopic (exact) mass is 307 g/mol. The van der Waals surface area contributed by atoms with Gasteiger partial charge in [-0.25, -0.2) is 9.97 Å². The van der Waals surface area contributed by atoms with E-state index in [9.17, 15) is 4.79 Å². The molecule has 0 bridgehead atoms. The van der Waals surface area contributed by atoms with Crippen molar-refractivity contribution in [2.75, 3.05) is 0 Å². The van der Waals surface area contributed by atoms with Crippen molar-refractivity contribution in [1.82, 2.24) is 15.3 Å². The Morgan fingerprint density at radius 1 is 1.45 bits per heavy atom. The second-order valence-electron chi connectivity index (χ2n) is 5.19. The molecule has 1 amide bonds. The number of nitrogens with zero attached hydrogens (tertiary/aromatic N) is 2. The fourth-order valence-corrected chi connectivity index (χ4v) is 4.05. The summed E-state index contributed by atoms with van der Waals surface area (Å²) in [6, 6.07) is 0.404. The third kappa shape index (κ3) is 2.67. The number of hydrogen-bond acceptors (Lipinski definition) is 5. The van der Waals surface area contributed by atoms with Crippen molar-refractivity contribution in [3.63, 3.8) is 0 Å². The topological polar surface area (TPSA) is 54.9 Å². The maximum absolute atomic E-state index is 12.1. The van der Waals surface area contributed by atoms with Crippen LogP contribution in [0.2, 0.25) is 0 Å². The molecular weight excluding hydrogens is 290 g/mol. The number of amides is 1. The first-order valence-electron chi connectivity index (χ1n) is 6.74. The minimum atomic E-state index is -0.131. The standard InChI is InChI=1S/C14H17N3OS2/c1-7-8(2)19-13-11(7)14(16-6-15-13)20-9(3)12(18)17-10-4-5-10/h6,9-10H,4-5H2,1-3H3,(H,17,18). The summed E-state index contributed by atoms with van der Waals surface area (Å²) in [6.07, 6.45) is 3.82. The summed E-state index contributed by atoms with van der Waals surface area (Å²) in [6.45, 7) is 6.13. The van der Waals surface area contributed by atoms with Gasteiger partial charge in [-0.05, 0) is 39.2 Å². The van der Waals surface area contributed by atoms with Gasteiger partial charge in [-0.3, -0.25) is 4.79 Å². The van der Waals surface area contributed by atoms with Crippen LogP contribution in [0.5, 0.6) is 0 Å². The van der Waals surface area contributed by atoms with Gasteiger partial charge in [0.1, 0.15) is 16.2 Å². The lowest BCUT2D eigenvalue weighted by atomic mass is 10.2. The average molecular weight is 307 g/mol. The normalized spacial score (nSPS) is 16.4. The van der Waals surface area contributed by atoms with Gasteiger partial charge in [0.05, 0.1) is 5.25 Å². The van der Waals surface area contributed by atoms with Crippen molar-refractivity contribution in [2.24, 2.45) is 0 Å². The van der Waals surface area contributed by atoms with Gasteiger partial charge >= 0.3 is 0 Å². The fraction of sp³-hybridized carbons (Fsp3) is 0.500. The zero-order valence-corrected chi connectivity index (χ0v) is 13.4. The smallest absolute Gasteiger partial charge is 0.233 e. The minimum Gasteiger partial charge on any atom is -0.352 e. The summed E-state index contributed by atoms with van der Waals surface area (Å²) in [5.41, 5.74) is 1.22.